The zero-order valence-corrected chi connectivity index (χ0v) is 17.1. The molecule has 2 aromatic rings. The fourth-order valence-corrected chi connectivity index (χ4v) is 3.22. The van der Waals surface area contributed by atoms with Crippen LogP contribution in [0, 0.1) is 0 Å². The average Bonchev–Trinajstić information content (AvgIpc) is 3.16. The fourth-order valence-electron chi connectivity index (χ4n) is 3.22. The number of nitrogens with zero attached hydrogens (tertiary/aromatic N) is 2. The summed E-state index contributed by atoms with van der Waals surface area (Å²) in [6, 6.07) is 13.1. The predicted molar refractivity (Wildman–Crippen MR) is 109 cm³/mol. The lowest BCUT2D eigenvalue weighted by molar-refractivity contribution is 0.0635. The van der Waals surface area contributed by atoms with Gasteiger partial charge in [-0.1, -0.05) is 36.4 Å². The maximum absolute atomic E-state index is 12.6. The van der Waals surface area contributed by atoms with E-state index in [1.807, 2.05) is 36.4 Å². The van der Waals surface area contributed by atoms with Crippen molar-refractivity contribution >= 4 is 18.0 Å². The number of aromatic nitrogens is 1. The summed E-state index contributed by atoms with van der Waals surface area (Å²) in [6.07, 6.45) is 2.56. The van der Waals surface area contributed by atoms with Crippen molar-refractivity contribution < 1.29 is 19.1 Å². The van der Waals surface area contributed by atoms with Crippen molar-refractivity contribution in [3.05, 3.63) is 59.8 Å². The van der Waals surface area contributed by atoms with E-state index in [2.05, 4.69) is 10.3 Å². The smallest absolute Gasteiger partial charge is 0.413 e. The molecule has 1 aromatic heterocycles. The van der Waals surface area contributed by atoms with E-state index < -0.39 is 11.7 Å². The quantitative estimate of drug-likeness (QED) is 0.793. The van der Waals surface area contributed by atoms with Gasteiger partial charge in [0.2, 0.25) is 0 Å². The fraction of sp³-hybridized carbons (Fsp3) is 0.409. The number of carbonyl (C=O) groups excluding carboxylic acids is 2. The first kappa shape index (κ1) is 20.6. The molecule has 1 fully saturated rings. The lowest BCUT2D eigenvalue weighted by Crippen LogP contribution is -2.31. The number of benzene rings is 1. The number of hydrogen-bond donors (Lipinski definition) is 1. The third-order valence-electron chi connectivity index (χ3n) is 4.49. The zero-order valence-electron chi connectivity index (χ0n) is 17.1. The maximum atomic E-state index is 12.6. The van der Waals surface area contributed by atoms with Crippen LogP contribution in [-0.4, -0.2) is 34.2 Å². The van der Waals surface area contributed by atoms with Gasteiger partial charge < -0.3 is 14.4 Å². The van der Waals surface area contributed by atoms with Crippen LogP contribution in [0.5, 0.6) is 0 Å². The Hall–Kier alpha value is -3.09. The van der Waals surface area contributed by atoms with E-state index in [0.717, 1.165) is 24.0 Å². The minimum Gasteiger partial charge on any atom is -0.445 e. The highest BCUT2D eigenvalue weighted by molar-refractivity contribution is 5.83. The van der Waals surface area contributed by atoms with E-state index in [4.69, 9.17) is 9.47 Å². The molecule has 0 aliphatic carbocycles. The molecule has 0 unspecified atom stereocenters. The summed E-state index contributed by atoms with van der Waals surface area (Å²) in [4.78, 5) is 30.4. The number of nitrogens with one attached hydrogen (secondary N) is 1. The molecule has 1 atom stereocenters. The van der Waals surface area contributed by atoms with Crippen LogP contribution in [0.4, 0.5) is 15.4 Å². The molecule has 3 rings (SSSR count). The van der Waals surface area contributed by atoms with Crippen LogP contribution >= 0.6 is 0 Å². The molecule has 0 saturated carbocycles. The van der Waals surface area contributed by atoms with Crippen molar-refractivity contribution in [2.45, 2.75) is 51.9 Å². The zero-order chi connectivity index (χ0) is 20.9. The summed E-state index contributed by atoms with van der Waals surface area (Å²) in [5.41, 5.74) is 1.29. The van der Waals surface area contributed by atoms with Gasteiger partial charge in [-0.3, -0.25) is 5.32 Å². The van der Waals surface area contributed by atoms with Gasteiger partial charge in [-0.25, -0.2) is 14.6 Å². The minimum atomic E-state index is -0.575. The second-order valence-electron chi connectivity index (χ2n) is 8.00. The Labute approximate surface area is 171 Å². The van der Waals surface area contributed by atoms with Crippen molar-refractivity contribution in [2.24, 2.45) is 0 Å². The van der Waals surface area contributed by atoms with Crippen LogP contribution in [0.1, 0.15) is 50.8 Å². The molecule has 1 aliphatic heterocycles. The Balaban J connectivity index is 1.59. The number of hydrogen-bond acceptors (Lipinski definition) is 5. The van der Waals surface area contributed by atoms with E-state index in [-0.39, 0.29) is 18.7 Å². The van der Waals surface area contributed by atoms with Crippen molar-refractivity contribution in [1.82, 2.24) is 9.88 Å². The molecule has 1 aromatic carbocycles. The van der Waals surface area contributed by atoms with E-state index in [1.54, 1.807) is 37.9 Å². The van der Waals surface area contributed by atoms with Crippen LogP contribution in [0.3, 0.4) is 0 Å². The van der Waals surface area contributed by atoms with Gasteiger partial charge in [-0.15, -0.1) is 0 Å². The third kappa shape index (κ3) is 5.94. The van der Waals surface area contributed by atoms with Crippen molar-refractivity contribution in [2.75, 3.05) is 11.9 Å². The highest BCUT2D eigenvalue weighted by Gasteiger charge is 2.31. The maximum Gasteiger partial charge on any atom is 0.413 e. The number of pyridine rings is 1. The van der Waals surface area contributed by atoms with Gasteiger partial charge in [0.25, 0.3) is 0 Å². The van der Waals surface area contributed by atoms with Crippen LogP contribution < -0.4 is 5.32 Å². The Morgan fingerprint density at radius 2 is 1.93 bits per heavy atom. The van der Waals surface area contributed by atoms with Crippen LogP contribution in [-0.2, 0) is 16.1 Å². The number of amides is 2. The molecule has 7 nitrogen and oxygen atoms in total. The topological polar surface area (TPSA) is 80.8 Å². The molecule has 29 heavy (non-hydrogen) atoms. The predicted octanol–water partition coefficient (Wildman–Crippen LogP) is 4.90. The first-order valence-corrected chi connectivity index (χ1v) is 9.75. The van der Waals surface area contributed by atoms with E-state index in [1.165, 1.54) is 0 Å². The number of anilines is 1. The Morgan fingerprint density at radius 3 is 2.59 bits per heavy atom. The van der Waals surface area contributed by atoms with E-state index in [9.17, 15) is 9.59 Å². The summed E-state index contributed by atoms with van der Waals surface area (Å²) in [6.45, 7) is 6.30. The summed E-state index contributed by atoms with van der Waals surface area (Å²) in [7, 11) is 0. The SMILES string of the molecule is CC(C)(C)OC(=O)Nc1ccc([C@@H]2CCCN2C(=O)OCc2ccccc2)cn1. The van der Waals surface area contributed by atoms with Gasteiger partial charge in [0.15, 0.2) is 0 Å². The molecule has 2 heterocycles. The van der Waals surface area contributed by atoms with Crippen molar-refractivity contribution in [1.29, 1.82) is 0 Å². The second kappa shape index (κ2) is 8.94. The molecule has 0 spiro atoms. The largest absolute Gasteiger partial charge is 0.445 e. The average molecular weight is 397 g/mol. The molecule has 7 heteroatoms. The summed E-state index contributed by atoms with van der Waals surface area (Å²) in [5, 5.41) is 2.61. The van der Waals surface area contributed by atoms with Crippen LogP contribution in [0.15, 0.2) is 48.7 Å². The molecular formula is C22H27N3O4. The highest BCUT2D eigenvalue weighted by atomic mass is 16.6. The third-order valence-corrected chi connectivity index (χ3v) is 4.49. The first-order chi connectivity index (χ1) is 13.8. The molecule has 154 valence electrons. The molecule has 1 N–H and O–H groups in total. The van der Waals surface area contributed by atoms with Gasteiger partial charge in [-0.05, 0) is 50.8 Å². The van der Waals surface area contributed by atoms with Gasteiger partial charge in [0.1, 0.15) is 18.0 Å². The lowest BCUT2D eigenvalue weighted by atomic mass is 10.1. The molecule has 0 radical (unpaired) electrons. The normalized spacial score (nSPS) is 16.4. The summed E-state index contributed by atoms with van der Waals surface area (Å²) in [5.74, 6) is 0.402. The molecule has 0 bridgehead atoms. The molecule has 1 aliphatic rings. The number of rotatable bonds is 4. The molecule has 2 amide bonds. The van der Waals surface area contributed by atoms with Gasteiger partial charge in [0, 0.05) is 12.7 Å². The number of carbonyl (C=O) groups is 2. The van der Waals surface area contributed by atoms with Gasteiger partial charge >= 0.3 is 12.2 Å². The van der Waals surface area contributed by atoms with Crippen molar-refractivity contribution in [3.63, 3.8) is 0 Å². The Morgan fingerprint density at radius 1 is 1.17 bits per heavy atom. The van der Waals surface area contributed by atoms with Crippen LogP contribution in [0.25, 0.3) is 0 Å². The highest BCUT2D eigenvalue weighted by Crippen LogP contribution is 2.32. The monoisotopic (exact) mass is 397 g/mol. The Kier molecular flexibility index (Phi) is 6.36. The van der Waals surface area contributed by atoms with Gasteiger partial charge in [0.05, 0.1) is 6.04 Å². The number of likely N-dealkylation sites (tertiary alicyclic amines) is 1. The standard InChI is InChI=1S/C22H27N3O4/c1-22(2,3)29-20(26)24-19-12-11-17(14-23-19)18-10-7-13-25(18)21(27)28-15-16-8-5-4-6-9-16/h4-6,8-9,11-12,14,18H,7,10,13,15H2,1-3H3,(H,23,24,26)/t18-/m0/s1. The molecule has 1 saturated heterocycles. The first-order valence-electron chi connectivity index (χ1n) is 9.75. The summed E-state index contributed by atoms with van der Waals surface area (Å²) < 4.78 is 10.7. The molecular weight excluding hydrogens is 370 g/mol. The Bertz CT molecular complexity index is 831. The van der Waals surface area contributed by atoms with Gasteiger partial charge in [-0.2, -0.15) is 0 Å². The summed E-state index contributed by atoms with van der Waals surface area (Å²) >= 11 is 0. The second-order valence-corrected chi connectivity index (χ2v) is 8.00. The van der Waals surface area contributed by atoms with Crippen molar-refractivity contribution in [3.8, 4) is 0 Å². The van der Waals surface area contributed by atoms with E-state index >= 15 is 0 Å². The van der Waals surface area contributed by atoms with Crippen LogP contribution in [0.2, 0.25) is 0 Å². The number of ether oxygens (including phenoxy) is 2. The minimum absolute atomic E-state index is 0.0821. The van der Waals surface area contributed by atoms with E-state index in [0.29, 0.717) is 12.4 Å². The lowest BCUT2D eigenvalue weighted by Gasteiger charge is -2.24.